The van der Waals surface area contributed by atoms with Crippen molar-refractivity contribution in [1.82, 2.24) is 4.90 Å². The van der Waals surface area contributed by atoms with Crippen LogP contribution in [-0.2, 0) is 28.4 Å². The van der Waals surface area contributed by atoms with E-state index < -0.39 is 29.4 Å². The van der Waals surface area contributed by atoms with E-state index in [-0.39, 0.29) is 58.9 Å². The lowest BCUT2D eigenvalue weighted by Crippen LogP contribution is -2.75. The highest BCUT2D eigenvalue weighted by molar-refractivity contribution is 5.89. The number of nitrogens with zero attached hydrogens (tertiary/aromatic N) is 1. The van der Waals surface area contributed by atoms with Gasteiger partial charge in [-0.3, -0.25) is 0 Å². The number of ether oxygens (including phenoxy) is 6. The Morgan fingerprint density at radius 2 is 1.85 bits per heavy atom. The van der Waals surface area contributed by atoms with Gasteiger partial charge in [0.1, 0.15) is 29.5 Å². The molecule has 2 heterocycles. The summed E-state index contributed by atoms with van der Waals surface area (Å²) in [6, 6.07) is 9.18. The van der Waals surface area contributed by atoms with Crippen LogP contribution in [-0.4, -0.2) is 112 Å². The molecular weight excluding hydrogens is 514 g/mol. The van der Waals surface area contributed by atoms with Crippen molar-refractivity contribution in [2.24, 2.45) is 34.5 Å². The van der Waals surface area contributed by atoms with E-state index in [0.717, 1.165) is 19.4 Å². The fraction of sp³-hybridized carbons (Fsp3) is 0.774. The molecule has 0 aromatic heterocycles. The molecule has 1 aromatic carbocycles. The van der Waals surface area contributed by atoms with Crippen LogP contribution in [0.5, 0.6) is 0 Å². The van der Waals surface area contributed by atoms with Crippen LogP contribution in [0, 0.1) is 34.5 Å². The highest BCUT2D eigenvalue weighted by Gasteiger charge is 2.95. The van der Waals surface area contributed by atoms with Gasteiger partial charge in [-0.05, 0) is 44.4 Å². The molecule has 0 radical (unpaired) electrons. The van der Waals surface area contributed by atoms with E-state index in [1.165, 1.54) is 0 Å². The van der Waals surface area contributed by atoms with Crippen LogP contribution in [0.3, 0.4) is 0 Å². The summed E-state index contributed by atoms with van der Waals surface area (Å²) in [6.45, 7) is 1.57. The topological polar surface area (TPSA) is 99.2 Å². The van der Waals surface area contributed by atoms with Gasteiger partial charge in [0.25, 0.3) is 0 Å². The van der Waals surface area contributed by atoms with Crippen LogP contribution in [0.4, 0.5) is 0 Å². The van der Waals surface area contributed by atoms with Crippen LogP contribution in [0.1, 0.15) is 29.6 Å². The van der Waals surface area contributed by atoms with Gasteiger partial charge in [-0.2, -0.15) is 0 Å². The maximum Gasteiger partial charge on any atom is 0.338 e. The minimum atomic E-state index is -1.37. The number of esters is 1. The SMILES string of the molecule is COCC12CCC(OC)C34C5CC6(O)C(OC)C7OC7(C5C6OC(=O)c5ccccc5)C(C(OC)C13)C4N(C)C2. The van der Waals surface area contributed by atoms with Gasteiger partial charge in [0.05, 0.1) is 24.4 Å². The highest BCUT2D eigenvalue weighted by atomic mass is 16.7. The van der Waals surface area contributed by atoms with Crippen LogP contribution in [0.2, 0.25) is 0 Å². The van der Waals surface area contributed by atoms with Crippen molar-refractivity contribution in [3.05, 3.63) is 35.9 Å². The summed E-state index contributed by atoms with van der Waals surface area (Å²) in [5.41, 5.74) is -1.94. The first kappa shape index (κ1) is 26.1. The number of hydrogen-bond acceptors (Lipinski definition) is 9. The molecule has 9 nitrogen and oxygen atoms in total. The minimum Gasteiger partial charge on any atom is -0.455 e. The summed E-state index contributed by atoms with van der Waals surface area (Å²) in [5, 5.41) is 12.6. The highest BCUT2D eigenvalue weighted by Crippen LogP contribution is 2.83. The zero-order valence-electron chi connectivity index (χ0n) is 23.9. The number of rotatable bonds is 7. The van der Waals surface area contributed by atoms with Crippen molar-refractivity contribution in [3.63, 3.8) is 0 Å². The largest absolute Gasteiger partial charge is 0.455 e. The molecule has 218 valence electrons. The fourth-order valence-electron chi connectivity index (χ4n) is 12.2. The molecule has 2 spiro atoms. The van der Waals surface area contributed by atoms with Gasteiger partial charge in [0.15, 0.2) is 0 Å². The Morgan fingerprint density at radius 1 is 1.07 bits per heavy atom. The third kappa shape index (κ3) is 2.64. The number of piperidine rings is 1. The Hall–Kier alpha value is -1.59. The quantitative estimate of drug-likeness (QED) is 0.399. The molecule has 7 aliphatic rings. The van der Waals surface area contributed by atoms with Crippen molar-refractivity contribution in [2.45, 2.75) is 67.0 Å². The first-order valence-electron chi connectivity index (χ1n) is 14.7. The smallest absolute Gasteiger partial charge is 0.338 e. The van der Waals surface area contributed by atoms with Gasteiger partial charge in [0, 0.05) is 69.6 Å². The van der Waals surface area contributed by atoms with E-state index in [4.69, 9.17) is 28.4 Å². The maximum absolute atomic E-state index is 13.5. The molecule has 5 saturated carbocycles. The van der Waals surface area contributed by atoms with Crippen LogP contribution in [0.25, 0.3) is 0 Å². The van der Waals surface area contributed by atoms with Crippen LogP contribution >= 0.6 is 0 Å². The molecule has 7 bridgehead atoms. The van der Waals surface area contributed by atoms with Gasteiger partial charge in [-0.25, -0.2) is 4.79 Å². The summed E-state index contributed by atoms with van der Waals surface area (Å²) in [4.78, 5) is 16.1. The Labute approximate surface area is 235 Å². The summed E-state index contributed by atoms with van der Waals surface area (Å²) in [5.74, 6) is -0.435. The average Bonchev–Trinajstić information content (AvgIpc) is 3.53. The maximum atomic E-state index is 13.5. The summed E-state index contributed by atoms with van der Waals surface area (Å²) in [7, 11) is 9.32. The van der Waals surface area contributed by atoms with E-state index in [0.29, 0.717) is 18.6 Å². The molecule has 2 aliphatic heterocycles. The van der Waals surface area contributed by atoms with Crippen molar-refractivity contribution < 1.29 is 38.3 Å². The lowest BCUT2D eigenvalue weighted by Gasteiger charge is -2.67. The number of carbonyl (C=O) groups is 1. The molecule has 1 N–H and O–H groups in total. The average molecular weight is 556 g/mol. The standard InChI is InChI=1S/C31H41NO8/c1-32-14-28(15-35-2)12-11-18(36-3)30-17-13-29(34)24(39-27(33)16-9-7-6-8-10-16)19(17)31(26(40-31)25(29)38-5)20(23(30)32)21(37-4)22(28)30/h6-10,17-26,34H,11-15H2,1-5H3. The molecule has 40 heavy (non-hydrogen) atoms. The molecule has 5 aliphatic carbocycles. The Morgan fingerprint density at radius 3 is 2.52 bits per heavy atom. The number of hydrogen-bond donors (Lipinski definition) is 1. The van der Waals surface area contributed by atoms with Gasteiger partial charge in [0.2, 0.25) is 0 Å². The number of epoxide rings is 1. The van der Waals surface area contributed by atoms with E-state index in [1.807, 2.05) is 32.4 Å². The number of methoxy groups -OCH3 is 4. The lowest BCUT2D eigenvalue weighted by molar-refractivity contribution is -0.249. The summed E-state index contributed by atoms with van der Waals surface area (Å²) < 4.78 is 38.2. The Balaban J connectivity index is 1.33. The van der Waals surface area contributed by atoms with E-state index in [2.05, 4.69) is 11.9 Å². The second-order valence-corrected chi connectivity index (χ2v) is 13.7. The molecule has 7 fully saturated rings. The van der Waals surface area contributed by atoms with Crippen molar-refractivity contribution in [3.8, 4) is 0 Å². The van der Waals surface area contributed by atoms with E-state index in [1.54, 1.807) is 26.4 Å². The van der Waals surface area contributed by atoms with Crippen LogP contribution in [0.15, 0.2) is 30.3 Å². The monoisotopic (exact) mass is 555 g/mol. The normalized spacial score (nSPS) is 54.6. The number of aliphatic hydroxyl groups is 1. The van der Waals surface area contributed by atoms with Crippen LogP contribution < -0.4 is 0 Å². The van der Waals surface area contributed by atoms with Crippen molar-refractivity contribution >= 4 is 5.97 Å². The number of carbonyl (C=O) groups excluding carboxylic acids is 1. The summed E-state index contributed by atoms with van der Waals surface area (Å²) >= 11 is 0. The predicted molar refractivity (Wildman–Crippen MR) is 142 cm³/mol. The predicted octanol–water partition coefficient (Wildman–Crippen LogP) is 1.76. The Bertz CT molecular complexity index is 1210. The summed E-state index contributed by atoms with van der Waals surface area (Å²) in [6.07, 6.45) is 0.639. The second kappa shape index (κ2) is 8.28. The Kier molecular flexibility index (Phi) is 5.39. The first-order chi connectivity index (χ1) is 19.3. The third-order valence-electron chi connectivity index (χ3n) is 12.7. The number of benzene rings is 1. The number of fused-ring (bicyclic) bond motifs is 1. The molecule has 14 unspecified atom stereocenters. The van der Waals surface area contributed by atoms with Crippen molar-refractivity contribution in [2.75, 3.05) is 48.6 Å². The zero-order valence-corrected chi connectivity index (χ0v) is 23.9. The van der Waals surface area contributed by atoms with E-state index >= 15 is 0 Å². The molecule has 0 amide bonds. The molecular formula is C31H41NO8. The fourth-order valence-corrected chi connectivity index (χ4v) is 12.2. The first-order valence-corrected chi connectivity index (χ1v) is 14.7. The van der Waals surface area contributed by atoms with Crippen molar-refractivity contribution in [1.29, 1.82) is 0 Å². The van der Waals surface area contributed by atoms with Gasteiger partial charge in [-0.15, -0.1) is 0 Å². The van der Waals surface area contributed by atoms with Gasteiger partial charge in [-0.1, -0.05) is 18.2 Å². The molecule has 2 saturated heterocycles. The lowest BCUT2D eigenvalue weighted by atomic mass is 9.43. The second-order valence-electron chi connectivity index (χ2n) is 13.7. The third-order valence-corrected chi connectivity index (χ3v) is 12.7. The van der Waals surface area contributed by atoms with Gasteiger partial charge >= 0.3 is 5.97 Å². The molecule has 8 rings (SSSR count). The molecule has 14 atom stereocenters. The van der Waals surface area contributed by atoms with Gasteiger partial charge < -0.3 is 38.4 Å². The van der Waals surface area contributed by atoms with E-state index in [9.17, 15) is 9.90 Å². The minimum absolute atomic E-state index is 0.00754. The molecule has 9 heteroatoms. The molecule has 1 aromatic rings. The zero-order chi connectivity index (χ0) is 27.8. The number of likely N-dealkylation sites (tertiary alicyclic amines) is 1.